The molecule has 4 nitrogen and oxygen atoms in total. The fourth-order valence-corrected chi connectivity index (χ4v) is 2.65. The van der Waals surface area contributed by atoms with Gasteiger partial charge in [0.25, 0.3) is 6.29 Å². The van der Waals surface area contributed by atoms with Crippen LogP contribution in [0.25, 0.3) is 6.08 Å². The summed E-state index contributed by atoms with van der Waals surface area (Å²) >= 11 is 6.18. The smallest absolute Gasteiger partial charge is 0.345 e. The zero-order valence-corrected chi connectivity index (χ0v) is 13.2. The fourth-order valence-electron chi connectivity index (χ4n) is 2.38. The number of hydrogen-bond acceptors (Lipinski definition) is 4. The number of carbonyl (C=O) groups is 1. The first-order valence-electron chi connectivity index (χ1n) is 7.09. The van der Waals surface area contributed by atoms with Crippen LogP contribution in [0.1, 0.15) is 29.9 Å². The Bertz CT molecular complexity index is 753. The van der Waals surface area contributed by atoms with Gasteiger partial charge in [-0.15, -0.1) is 0 Å². The van der Waals surface area contributed by atoms with Crippen molar-refractivity contribution in [3.05, 3.63) is 76.5 Å². The lowest BCUT2D eigenvalue weighted by atomic mass is 9.96. The van der Waals surface area contributed by atoms with E-state index in [4.69, 9.17) is 21.1 Å². The van der Waals surface area contributed by atoms with Crippen molar-refractivity contribution in [3.63, 3.8) is 0 Å². The molecule has 3 rings (SSSR count). The van der Waals surface area contributed by atoms with E-state index in [1.165, 1.54) is 13.2 Å². The van der Waals surface area contributed by atoms with Crippen LogP contribution >= 0.6 is 11.6 Å². The number of esters is 1. The average Bonchev–Trinajstić information content (AvgIpc) is 2.56. The second kappa shape index (κ2) is 6.07. The maximum atomic E-state index is 12.4. The van der Waals surface area contributed by atoms with Gasteiger partial charge in [0.15, 0.2) is 5.60 Å². The Morgan fingerprint density at radius 3 is 2.70 bits per heavy atom. The van der Waals surface area contributed by atoms with Gasteiger partial charge >= 0.3 is 5.97 Å². The molecule has 0 bridgehead atoms. The van der Waals surface area contributed by atoms with Gasteiger partial charge in [0.2, 0.25) is 0 Å². The number of hydrogen-bond donors (Lipinski definition) is 1. The van der Waals surface area contributed by atoms with Crippen LogP contribution in [-0.2, 0) is 19.9 Å². The van der Waals surface area contributed by atoms with Gasteiger partial charge in [0.05, 0.1) is 16.8 Å². The van der Waals surface area contributed by atoms with Crippen LogP contribution in [0, 0.1) is 0 Å². The standard InChI is InChI=1S/C18H15ClO4/c1-18(21,13-7-3-2-4-8-13)17(20)23-16-15-12(10-11-22-16)6-5-9-14(15)19/h2-11,16,21H,1H3. The molecule has 2 aromatic rings. The summed E-state index contributed by atoms with van der Waals surface area (Å²) in [6.07, 6.45) is 2.18. The number of rotatable bonds is 3. The van der Waals surface area contributed by atoms with Crippen LogP contribution in [0.5, 0.6) is 0 Å². The molecular weight excluding hydrogens is 316 g/mol. The molecule has 0 radical (unpaired) electrons. The molecular formula is C18H15ClO4. The predicted octanol–water partition coefficient (Wildman–Crippen LogP) is 3.79. The molecule has 1 aliphatic rings. The molecule has 0 amide bonds. The average molecular weight is 331 g/mol. The molecule has 0 spiro atoms. The van der Waals surface area contributed by atoms with Crippen LogP contribution in [0.4, 0.5) is 0 Å². The van der Waals surface area contributed by atoms with Gasteiger partial charge in [-0.1, -0.05) is 54.1 Å². The number of carbonyl (C=O) groups excluding carboxylic acids is 1. The Balaban J connectivity index is 1.86. The molecule has 0 aliphatic carbocycles. The van der Waals surface area contributed by atoms with Crippen molar-refractivity contribution < 1.29 is 19.4 Å². The van der Waals surface area contributed by atoms with Crippen molar-refractivity contribution in [2.75, 3.05) is 0 Å². The van der Waals surface area contributed by atoms with Gasteiger partial charge in [-0.25, -0.2) is 4.79 Å². The molecule has 5 heteroatoms. The molecule has 1 heterocycles. The van der Waals surface area contributed by atoms with E-state index >= 15 is 0 Å². The van der Waals surface area contributed by atoms with Crippen LogP contribution in [0.3, 0.4) is 0 Å². The Morgan fingerprint density at radius 1 is 1.22 bits per heavy atom. The number of aliphatic hydroxyl groups is 1. The summed E-state index contributed by atoms with van der Waals surface area (Å²) in [6, 6.07) is 13.9. The SMILES string of the molecule is CC(O)(C(=O)OC1OC=Cc2cccc(Cl)c21)c1ccccc1. The molecule has 0 saturated carbocycles. The molecule has 0 saturated heterocycles. The lowest BCUT2D eigenvalue weighted by Crippen LogP contribution is -2.35. The molecule has 2 unspecified atom stereocenters. The molecule has 2 atom stereocenters. The van der Waals surface area contributed by atoms with Crippen molar-refractivity contribution in [3.8, 4) is 0 Å². The van der Waals surface area contributed by atoms with Gasteiger partial charge in [-0.3, -0.25) is 0 Å². The van der Waals surface area contributed by atoms with Crippen LogP contribution in [0.2, 0.25) is 5.02 Å². The van der Waals surface area contributed by atoms with Crippen molar-refractivity contribution in [1.82, 2.24) is 0 Å². The molecule has 1 aliphatic heterocycles. The highest BCUT2D eigenvalue weighted by Crippen LogP contribution is 2.36. The lowest BCUT2D eigenvalue weighted by Gasteiger charge is -2.28. The maximum Gasteiger partial charge on any atom is 0.345 e. The van der Waals surface area contributed by atoms with E-state index in [-0.39, 0.29) is 0 Å². The first kappa shape index (κ1) is 15.6. The number of benzene rings is 2. The number of fused-ring (bicyclic) bond motifs is 1. The summed E-state index contributed by atoms with van der Waals surface area (Å²) in [4.78, 5) is 12.4. The van der Waals surface area contributed by atoms with Gasteiger partial charge in [0.1, 0.15) is 0 Å². The normalized spacial score (nSPS) is 18.5. The van der Waals surface area contributed by atoms with E-state index in [0.29, 0.717) is 16.1 Å². The zero-order valence-electron chi connectivity index (χ0n) is 12.4. The summed E-state index contributed by atoms with van der Waals surface area (Å²) < 4.78 is 10.7. The minimum absolute atomic E-state index is 0.434. The third kappa shape index (κ3) is 2.96. The second-order valence-corrected chi connectivity index (χ2v) is 5.76. The van der Waals surface area contributed by atoms with Crippen molar-refractivity contribution in [2.24, 2.45) is 0 Å². The maximum absolute atomic E-state index is 12.4. The van der Waals surface area contributed by atoms with Crippen LogP contribution < -0.4 is 0 Å². The van der Waals surface area contributed by atoms with Crippen molar-refractivity contribution in [2.45, 2.75) is 18.8 Å². The van der Waals surface area contributed by atoms with Gasteiger partial charge in [-0.05, 0) is 30.2 Å². The van der Waals surface area contributed by atoms with Gasteiger partial charge in [0, 0.05) is 0 Å². The van der Waals surface area contributed by atoms with E-state index in [9.17, 15) is 9.90 Å². The van der Waals surface area contributed by atoms with Gasteiger partial charge < -0.3 is 14.6 Å². The third-order valence-electron chi connectivity index (χ3n) is 3.72. The van der Waals surface area contributed by atoms with E-state index in [2.05, 4.69) is 0 Å². The summed E-state index contributed by atoms with van der Waals surface area (Å²) in [5.41, 5.74) is 0.0261. The highest BCUT2D eigenvalue weighted by Gasteiger charge is 2.37. The zero-order chi connectivity index (χ0) is 16.4. The van der Waals surface area contributed by atoms with Gasteiger partial charge in [-0.2, -0.15) is 0 Å². The molecule has 118 valence electrons. The summed E-state index contributed by atoms with van der Waals surface area (Å²) in [6.45, 7) is 1.39. The summed E-state index contributed by atoms with van der Waals surface area (Å²) in [5.74, 6) is -0.810. The highest BCUT2D eigenvalue weighted by molar-refractivity contribution is 6.31. The molecule has 0 fully saturated rings. The Kier molecular flexibility index (Phi) is 4.11. The van der Waals surface area contributed by atoms with Crippen molar-refractivity contribution in [1.29, 1.82) is 0 Å². The fraction of sp³-hybridized carbons (Fsp3) is 0.167. The number of ether oxygens (including phenoxy) is 2. The van der Waals surface area contributed by atoms with E-state index in [1.807, 2.05) is 6.07 Å². The largest absolute Gasteiger partial charge is 0.458 e. The molecule has 23 heavy (non-hydrogen) atoms. The minimum Gasteiger partial charge on any atom is -0.458 e. The van der Waals surface area contributed by atoms with Crippen molar-refractivity contribution >= 4 is 23.6 Å². The monoisotopic (exact) mass is 330 g/mol. The summed E-state index contributed by atoms with van der Waals surface area (Å²) in [7, 11) is 0. The molecule has 1 N–H and O–H groups in total. The predicted molar refractivity (Wildman–Crippen MR) is 86.4 cm³/mol. The highest BCUT2D eigenvalue weighted by atomic mass is 35.5. The first-order valence-corrected chi connectivity index (χ1v) is 7.47. The van der Waals surface area contributed by atoms with E-state index in [0.717, 1.165) is 5.56 Å². The third-order valence-corrected chi connectivity index (χ3v) is 4.05. The van der Waals surface area contributed by atoms with E-state index < -0.39 is 17.9 Å². The quantitative estimate of drug-likeness (QED) is 0.870. The Hall–Kier alpha value is -2.30. The first-order chi connectivity index (χ1) is 11.0. The Morgan fingerprint density at radius 2 is 1.96 bits per heavy atom. The minimum atomic E-state index is -1.78. The topological polar surface area (TPSA) is 55.8 Å². The summed E-state index contributed by atoms with van der Waals surface area (Å²) in [5, 5.41) is 11.0. The molecule has 0 aromatic heterocycles. The Labute approximate surface area is 138 Å². The second-order valence-electron chi connectivity index (χ2n) is 5.36. The van der Waals surface area contributed by atoms with E-state index in [1.54, 1.807) is 48.5 Å². The van der Waals surface area contributed by atoms with Crippen LogP contribution in [0.15, 0.2) is 54.8 Å². The van der Waals surface area contributed by atoms with Crippen LogP contribution in [-0.4, -0.2) is 11.1 Å². The lowest BCUT2D eigenvalue weighted by molar-refractivity contribution is -0.191. The number of halogens is 1. The molecule has 2 aromatic carbocycles.